The molecular weight excluding hydrogens is 312 g/mol. The standard InChI is InChI=1S/C22H44O3/c1-3-4-5-6-7-8-9-10-11-12-13-14-15-16-17-18-19-25-21-22(20-23)24-2/h18-19,22-23H,3-17,20-21H2,1-2H3/t22-/m0/s1. The molecule has 3 heteroatoms. The molecule has 0 fully saturated rings. The monoisotopic (exact) mass is 356 g/mol. The number of allylic oxidation sites excluding steroid dienone is 1. The minimum absolute atomic E-state index is 0.00327. The van der Waals surface area contributed by atoms with E-state index in [4.69, 9.17) is 14.6 Å². The van der Waals surface area contributed by atoms with Crippen molar-refractivity contribution in [3.05, 3.63) is 12.3 Å². The van der Waals surface area contributed by atoms with Crippen molar-refractivity contribution in [2.45, 2.75) is 109 Å². The zero-order valence-corrected chi connectivity index (χ0v) is 17.0. The Morgan fingerprint density at radius 2 is 1.24 bits per heavy atom. The number of methoxy groups -OCH3 is 1. The number of hydrogen-bond acceptors (Lipinski definition) is 3. The summed E-state index contributed by atoms with van der Waals surface area (Å²) in [6.07, 6.45) is 24.2. The first-order valence-corrected chi connectivity index (χ1v) is 10.7. The van der Waals surface area contributed by atoms with Crippen molar-refractivity contribution < 1.29 is 14.6 Å². The zero-order valence-electron chi connectivity index (χ0n) is 17.0. The Bertz CT molecular complexity index is 262. The van der Waals surface area contributed by atoms with Gasteiger partial charge in [-0.1, -0.05) is 90.4 Å². The average Bonchev–Trinajstić information content (AvgIpc) is 2.64. The molecule has 0 rings (SSSR count). The maximum Gasteiger partial charge on any atom is 0.116 e. The Morgan fingerprint density at radius 3 is 1.68 bits per heavy atom. The van der Waals surface area contributed by atoms with E-state index in [0.717, 1.165) is 6.42 Å². The highest BCUT2D eigenvalue weighted by atomic mass is 16.5. The number of hydrogen-bond donors (Lipinski definition) is 1. The van der Waals surface area contributed by atoms with Gasteiger partial charge in [-0.3, -0.25) is 0 Å². The lowest BCUT2D eigenvalue weighted by Gasteiger charge is -2.10. The Kier molecular flexibility index (Phi) is 21.0. The topological polar surface area (TPSA) is 38.7 Å². The molecule has 0 radical (unpaired) electrons. The third-order valence-electron chi connectivity index (χ3n) is 4.74. The number of rotatable bonds is 20. The Hall–Kier alpha value is -0.540. The quantitative estimate of drug-likeness (QED) is 0.203. The maximum absolute atomic E-state index is 8.94. The smallest absolute Gasteiger partial charge is 0.116 e. The number of ether oxygens (including phenoxy) is 2. The molecule has 150 valence electrons. The van der Waals surface area contributed by atoms with Crippen LogP contribution in [0.5, 0.6) is 0 Å². The van der Waals surface area contributed by atoms with E-state index in [1.165, 1.54) is 89.9 Å². The molecule has 0 amide bonds. The van der Waals surface area contributed by atoms with Crippen molar-refractivity contribution >= 4 is 0 Å². The van der Waals surface area contributed by atoms with E-state index >= 15 is 0 Å². The van der Waals surface area contributed by atoms with E-state index in [-0.39, 0.29) is 12.7 Å². The van der Waals surface area contributed by atoms with Crippen LogP contribution in [0.4, 0.5) is 0 Å². The molecule has 0 heterocycles. The van der Waals surface area contributed by atoms with Gasteiger partial charge in [-0.15, -0.1) is 0 Å². The van der Waals surface area contributed by atoms with Gasteiger partial charge < -0.3 is 14.6 Å². The molecular formula is C22H44O3. The fourth-order valence-corrected chi connectivity index (χ4v) is 2.95. The molecule has 3 nitrogen and oxygen atoms in total. The first kappa shape index (κ1) is 24.5. The summed E-state index contributed by atoms with van der Waals surface area (Å²) in [5.74, 6) is 0. The van der Waals surface area contributed by atoms with Gasteiger partial charge in [0.25, 0.3) is 0 Å². The second-order valence-electron chi connectivity index (χ2n) is 7.13. The fourth-order valence-electron chi connectivity index (χ4n) is 2.95. The number of aliphatic hydroxyl groups is 1. The van der Waals surface area contributed by atoms with Crippen LogP contribution in [0.25, 0.3) is 0 Å². The lowest BCUT2D eigenvalue weighted by Crippen LogP contribution is -2.20. The molecule has 0 aliphatic carbocycles. The molecule has 0 saturated carbocycles. The van der Waals surface area contributed by atoms with Gasteiger partial charge in [0.15, 0.2) is 0 Å². The van der Waals surface area contributed by atoms with E-state index in [9.17, 15) is 0 Å². The summed E-state index contributed by atoms with van der Waals surface area (Å²) in [4.78, 5) is 0. The average molecular weight is 357 g/mol. The van der Waals surface area contributed by atoms with Crippen LogP contribution >= 0.6 is 0 Å². The molecule has 0 spiro atoms. The van der Waals surface area contributed by atoms with Gasteiger partial charge in [0, 0.05) is 7.11 Å². The Morgan fingerprint density at radius 1 is 0.760 bits per heavy atom. The summed E-state index contributed by atoms with van der Waals surface area (Å²) < 4.78 is 10.4. The third-order valence-corrected chi connectivity index (χ3v) is 4.74. The van der Waals surface area contributed by atoms with Gasteiger partial charge in [0.05, 0.1) is 12.9 Å². The van der Waals surface area contributed by atoms with Crippen LogP contribution in [-0.2, 0) is 9.47 Å². The molecule has 0 bridgehead atoms. The fraction of sp³-hybridized carbons (Fsp3) is 0.909. The van der Waals surface area contributed by atoms with Gasteiger partial charge in [-0.25, -0.2) is 0 Å². The predicted molar refractivity (Wildman–Crippen MR) is 108 cm³/mol. The van der Waals surface area contributed by atoms with Crippen molar-refractivity contribution in [2.24, 2.45) is 0 Å². The second kappa shape index (κ2) is 21.5. The summed E-state index contributed by atoms with van der Waals surface area (Å²) in [6.45, 7) is 2.70. The predicted octanol–water partition coefficient (Wildman–Crippen LogP) is 6.40. The van der Waals surface area contributed by atoms with Crippen molar-refractivity contribution in [3.63, 3.8) is 0 Å². The van der Waals surface area contributed by atoms with E-state index < -0.39 is 0 Å². The van der Waals surface area contributed by atoms with Crippen molar-refractivity contribution in [1.29, 1.82) is 0 Å². The number of unbranched alkanes of at least 4 members (excludes halogenated alkanes) is 14. The molecule has 0 aromatic carbocycles. The molecule has 1 N–H and O–H groups in total. The van der Waals surface area contributed by atoms with Crippen LogP contribution in [0.2, 0.25) is 0 Å². The van der Waals surface area contributed by atoms with Gasteiger partial charge in [-0.05, 0) is 18.9 Å². The molecule has 0 aliphatic rings. The van der Waals surface area contributed by atoms with Crippen molar-refractivity contribution in [3.8, 4) is 0 Å². The molecule has 0 saturated heterocycles. The molecule has 0 aromatic heterocycles. The van der Waals surface area contributed by atoms with Crippen LogP contribution in [0.1, 0.15) is 103 Å². The minimum Gasteiger partial charge on any atom is -0.499 e. The van der Waals surface area contributed by atoms with Gasteiger partial charge in [0.1, 0.15) is 12.7 Å². The van der Waals surface area contributed by atoms with E-state index in [0.29, 0.717) is 6.61 Å². The van der Waals surface area contributed by atoms with Gasteiger partial charge >= 0.3 is 0 Å². The summed E-state index contributed by atoms with van der Waals surface area (Å²) in [7, 11) is 1.59. The highest BCUT2D eigenvalue weighted by Gasteiger charge is 2.03. The molecule has 1 atom stereocenters. The summed E-state index contributed by atoms with van der Waals surface area (Å²) in [5.41, 5.74) is 0. The van der Waals surface area contributed by atoms with Crippen LogP contribution in [0.15, 0.2) is 12.3 Å². The normalized spacial score (nSPS) is 12.8. The molecule has 0 unspecified atom stereocenters. The lowest BCUT2D eigenvalue weighted by molar-refractivity contribution is 0.00447. The van der Waals surface area contributed by atoms with Gasteiger partial charge in [-0.2, -0.15) is 0 Å². The second-order valence-corrected chi connectivity index (χ2v) is 7.13. The Balaban J connectivity index is 3.11. The highest BCUT2D eigenvalue weighted by molar-refractivity contribution is 4.73. The van der Waals surface area contributed by atoms with Crippen molar-refractivity contribution in [1.82, 2.24) is 0 Å². The summed E-state index contributed by atoms with van der Waals surface area (Å²) in [6, 6.07) is 0. The van der Waals surface area contributed by atoms with E-state index in [1.54, 1.807) is 13.4 Å². The first-order valence-electron chi connectivity index (χ1n) is 10.7. The van der Waals surface area contributed by atoms with Crippen LogP contribution < -0.4 is 0 Å². The summed E-state index contributed by atoms with van der Waals surface area (Å²) >= 11 is 0. The first-order chi connectivity index (χ1) is 12.3. The number of aliphatic hydroxyl groups excluding tert-OH is 1. The van der Waals surface area contributed by atoms with Crippen molar-refractivity contribution in [2.75, 3.05) is 20.3 Å². The third kappa shape index (κ3) is 19.6. The van der Waals surface area contributed by atoms with Crippen LogP contribution in [0.3, 0.4) is 0 Å². The Labute approximate surface area is 157 Å². The lowest BCUT2D eigenvalue weighted by atomic mass is 10.0. The zero-order chi connectivity index (χ0) is 18.4. The molecule has 0 aliphatic heterocycles. The van der Waals surface area contributed by atoms with E-state index in [2.05, 4.69) is 13.0 Å². The molecule has 0 aromatic rings. The SMILES string of the molecule is CCCCCCCCCCCCCCCCC=COC[C@H](CO)OC. The van der Waals surface area contributed by atoms with E-state index in [1.807, 2.05) is 0 Å². The van der Waals surface area contributed by atoms with Gasteiger partial charge in [0.2, 0.25) is 0 Å². The summed E-state index contributed by atoms with van der Waals surface area (Å²) in [5, 5.41) is 8.94. The van der Waals surface area contributed by atoms with Crippen LogP contribution in [0, 0.1) is 0 Å². The largest absolute Gasteiger partial charge is 0.499 e. The highest BCUT2D eigenvalue weighted by Crippen LogP contribution is 2.13. The minimum atomic E-state index is -0.217. The molecule has 25 heavy (non-hydrogen) atoms. The van der Waals surface area contributed by atoms with Crippen LogP contribution in [-0.4, -0.2) is 31.5 Å². The maximum atomic E-state index is 8.94.